The molecule has 0 aromatic heterocycles. The van der Waals surface area contributed by atoms with Crippen molar-refractivity contribution in [3.63, 3.8) is 0 Å². The first-order valence-electron chi connectivity index (χ1n) is 6.13. The van der Waals surface area contributed by atoms with E-state index in [2.05, 4.69) is 43.4 Å². The molecule has 2 heteroatoms. The Kier molecular flexibility index (Phi) is 6.12. The van der Waals surface area contributed by atoms with Crippen LogP contribution in [0.4, 0.5) is 0 Å². The summed E-state index contributed by atoms with van der Waals surface area (Å²) in [5.41, 5.74) is 2.77. The maximum absolute atomic E-state index is 5.50. The van der Waals surface area contributed by atoms with Gasteiger partial charge in [0.15, 0.2) is 0 Å². The molecule has 0 saturated carbocycles. The Hall–Kier alpha value is -0.860. The van der Waals surface area contributed by atoms with Gasteiger partial charge in [0.2, 0.25) is 0 Å². The molecule has 1 unspecified atom stereocenters. The maximum atomic E-state index is 5.50. The van der Waals surface area contributed by atoms with Gasteiger partial charge in [-0.15, -0.1) is 0 Å². The Bertz CT molecular complexity index is 299. The largest absolute Gasteiger partial charge is 0.380 e. The Morgan fingerprint density at radius 2 is 2.00 bits per heavy atom. The van der Waals surface area contributed by atoms with Crippen molar-refractivity contribution in [3.8, 4) is 0 Å². The number of hydrogen-bond acceptors (Lipinski definition) is 2. The van der Waals surface area contributed by atoms with E-state index in [4.69, 9.17) is 4.74 Å². The molecule has 1 aromatic carbocycles. The van der Waals surface area contributed by atoms with Gasteiger partial charge in [0.1, 0.15) is 0 Å². The molecule has 1 atom stereocenters. The van der Waals surface area contributed by atoms with Gasteiger partial charge in [-0.3, -0.25) is 0 Å². The number of rotatable bonds is 7. The average molecular weight is 221 g/mol. The number of benzene rings is 1. The normalized spacial score (nSPS) is 12.7. The minimum absolute atomic E-state index is 0.422. The fourth-order valence-electron chi connectivity index (χ4n) is 1.84. The summed E-state index contributed by atoms with van der Waals surface area (Å²) in [6.45, 7) is 8.91. The SMILES string of the molecule is CCNC(COCC)Cc1ccccc1C. The van der Waals surface area contributed by atoms with Crippen molar-refractivity contribution >= 4 is 0 Å². The van der Waals surface area contributed by atoms with Crippen molar-refractivity contribution in [1.82, 2.24) is 5.32 Å². The first-order chi connectivity index (χ1) is 7.77. The quantitative estimate of drug-likeness (QED) is 0.764. The molecular formula is C14H23NO. The molecule has 1 N–H and O–H groups in total. The zero-order valence-corrected chi connectivity index (χ0v) is 10.6. The third-order valence-corrected chi connectivity index (χ3v) is 2.74. The monoisotopic (exact) mass is 221 g/mol. The van der Waals surface area contributed by atoms with Gasteiger partial charge >= 0.3 is 0 Å². The molecular weight excluding hydrogens is 198 g/mol. The fraction of sp³-hybridized carbons (Fsp3) is 0.571. The lowest BCUT2D eigenvalue weighted by molar-refractivity contribution is 0.123. The van der Waals surface area contributed by atoms with Crippen LogP contribution in [0, 0.1) is 6.92 Å². The summed E-state index contributed by atoms with van der Waals surface area (Å²) in [6, 6.07) is 8.98. The average Bonchev–Trinajstić information content (AvgIpc) is 2.29. The Morgan fingerprint density at radius 3 is 2.62 bits per heavy atom. The van der Waals surface area contributed by atoms with Crippen LogP contribution < -0.4 is 5.32 Å². The Labute approximate surface area is 99.0 Å². The van der Waals surface area contributed by atoms with Crippen LogP contribution in [0.15, 0.2) is 24.3 Å². The molecule has 1 rings (SSSR count). The number of likely N-dealkylation sites (N-methyl/N-ethyl adjacent to an activating group) is 1. The minimum Gasteiger partial charge on any atom is -0.380 e. The molecule has 90 valence electrons. The van der Waals surface area contributed by atoms with Gasteiger partial charge in [-0.1, -0.05) is 31.2 Å². The van der Waals surface area contributed by atoms with Crippen LogP contribution in [0.3, 0.4) is 0 Å². The first-order valence-corrected chi connectivity index (χ1v) is 6.13. The predicted molar refractivity (Wildman–Crippen MR) is 68.8 cm³/mol. The van der Waals surface area contributed by atoms with Gasteiger partial charge in [0.25, 0.3) is 0 Å². The second-order valence-corrected chi connectivity index (χ2v) is 4.04. The molecule has 0 heterocycles. The second-order valence-electron chi connectivity index (χ2n) is 4.04. The van der Waals surface area contributed by atoms with Crippen LogP contribution >= 0.6 is 0 Å². The van der Waals surface area contributed by atoms with Crippen molar-refractivity contribution in [3.05, 3.63) is 35.4 Å². The van der Waals surface area contributed by atoms with Crippen molar-refractivity contribution in [1.29, 1.82) is 0 Å². The third-order valence-electron chi connectivity index (χ3n) is 2.74. The third kappa shape index (κ3) is 4.33. The van der Waals surface area contributed by atoms with E-state index in [0.29, 0.717) is 6.04 Å². The van der Waals surface area contributed by atoms with Crippen LogP contribution in [0.25, 0.3) is 0 Å². The lowest BCUT2D eigenvalue weighted by Gasteiger charge is -2.18. The van der Waals surface area contributed by atoms with Crippen LogP contribution in [-0.2, 0) is 11.2 Å². The molecule has 16 heavy (non-hydrogen) atoms. The van der Waals surface area contributed by atoms with E-state index in [1.165, 1.54) is 11.1 Å². The summed E-state index contributed by atoms with van der Waals surface area (Å²) in [5.74, 6) is 0. The number of nitrogens with one attached hydrogen (secondary N) is 1. The van der Waals surface area contributed by atoms with E-state index in [9.17, 15) is 0 Å². The zero-order chi connectivity index (χ0) is 11.8. The second kappa shape index (κ2) is 7.42. The highest BCUT2D eigenvalue weighted by Crippen LogP contribution is 2.10. The molecule has 1 aromatic rings. The fourth-order valence-corrected chi connectivity index (χ4v) is 1.84. The van der Waals surface area contributed by atoms with E-state index in [1.807, 2.05) is 6.92 Å². The van der Waals surface area contributed by atoms with E-state index >= 15 is 0 Å². The summed E-state index contributed by atoms with van der Waals surface area (Å²) < 4.78 is 5.50. The van der Waals surface area contributed by atoms with E-state index in [-0.39, 0.29) is 0 Å². The highest BCUT2D eigenvalue weighted by molar-refractivity contribution is 5.26. The Balaban J connectivity index is 2.56. The highest BCUT2D eigenvalue weighted by atomic mass is 16.5. The van der Waals surface area contributed by atoms with Crippen molar-refractivity contribution < 1.29 is 4.74 Å². The van der Waals surface area contributed by atoms with Gasteiger partial charge in [0.05, 0.1) is 6.61 Å². The van der Waals surface area contributed by atoms with Crippen LogP contribution in [0.1, 0.15) is 25.0 Å². The van der Waals surface area contributed by atoms with Crippen LogP contribution in [-0.4, -0.2) is 25.8 Å². The lowest BCUT2D eigenvalue weighted by Crippen LogP contribution is -2.35. The summed E-state index contributed by atoms with van der Waals surface area (Å²) in [4.78, 5) is 0. The summed E-state index contributed by atoms with van der Waals surface area (Å²) in [5, 5.41) is 3.47. The topological polar surface area (TPSA) is 21.3 Å². The Morgan fingerprint density at radius 1 is 1.25 bits per heavy atom. The van der Waals surface area contributed by atoms with E-state index in [0.717, 1.165) is 26.2 Å². The number of hydrogen-bond donors (Lipinski definition) is 1. The molecule has 0 spiro atoms. The maximum Gasteiger partial charge on any atom is 0.0622 e. The smallest absolute Gasteiger partial charge is 0.0622 e. The molecule has 0 saturated heterocycles. The molecule has 0 aliphatic heterocycles. The van der Waals surface area contributed by atoms with E-state index < -0.39 is 0 Å². The van der Waals surface area contributed by atoms with Crippen LogP contribution in [0.5, 0.6) is 0 Å². The van der Waals surface area contributed by atoms with Gasteiger partial charge < -0.3 is 10.1 Å². The lowest BCUT2D eigenvalue weighted by atomic mass is 10.0. The first kappa shape index (κ1) is 13.2. The molecule has 0 aliphatic rings. The number of aryl methyl sites for hydroxylation is 1. The van der Waals surface area contributed by atoms with Crippen molar-refractivity contribution in [2.45, 2.75) is 33.2 Å². The standard InChI is InChI=1S/C14H23NO/c1-4-15-14(11-16-5-2)10-13-9-7-6-8-12(13)3/h6-9,14-15H,4-5,10-11H2,1-3H3. The van der Waals surface area contributed by atoms with Gasteiger partial charge in [-0.05, 0) is 37.9 Å². The van der Waals surface area contributed by atoms with Crippen molar-refractivity contribution in [2.75, 3.05) is 19.8 Å². The molecule has 0 fully saturated rings. The molecule has 2 nitrogen and oxygen atoms in total. The summed E-state index contributed by atoms with van der Waals surface area (Å²) in [7, 11) is 0. The predicted octanol–water partition coefficient (Wildman–Crippen LogP) is 2.55. The van der Waals surface area contributed by atoms with Crippen molar-refractivity contribution in [2.24, 2.45) is 0 Å². The highest BCUT2D eigenvalue weighted by Gasteiger charge is 2.09. The van der Waals surface area contributed by atoms with Crippen LogP contribution in [0.2, 0.25) is 0 Å². The molecule has 0 aliphatic carbocycles. The van der Waals surface area contributed by atoms with E-state index in [1.54, 1.807) is 0 Å². The summed E-state index contributed by atoms with van der Waals surface area (Å²) in [6.07, 6.45) is 1.04. The molecule has 0 radical (unpaired) electrons. The minimum atomic E-state index is 0.422. The number of ether oxygens (including phenoxy) is 1. The molecule has 0 amide bonds. The summed E-state index contributed by atoms with van der Waals surface area (Å²) >= 11 is 0. The molecule has 0 bridgehead atoms. The van der Waals surface area contributed by atoms with Gasteiger partial charge in [-0.2, -0.15) is 0 Å². The van der Waals surface area contributed by atoms with Gasteiger partial charge in [-0.25, -0.2) is 0 Å². The van der Waals surface area contributed by atoms with Gasteiger partial charge in [0, 0.05) is 12.6 Å². The zero-order valence-electron chi connectivity index (χ0n) is 10.6.